The minimum Gasteiger partial charge on any atom is -0.342 e. The lowest BCUT2D eigenvalue weighted by Gasteiger charge is -2.44. The molecule has 1 aromatic rings. The number of nitrogens with one attached hydrogen (secondary N) is 1. The molecule has 1 fully saturated rings. The first-order valence-electron chi connectivity index (χ1n) is 7.03. The Morgan fingerprint density at radius 3 is 2.80 bits per heavy atom. The summed E-state index contributed by atoms with van der Waals surface area (Å²) >= 11 is 1.67. The Morgan fingerprint density at radius 1 is 1.45 bits per heavy atom. The fourth-order valence-electron chi connectivity index (χ4n) is 2.36. The van der Waals surface area contributed by atoms with Gasteiger partial charge in [-0.15, -0.1) is 11.3 Å². The number of likely N-dealkylation sites (N-methyl/N-ethyl adjacent to an activating group) is 1. The highest BCUT2D eigenvalue weighted by molar-refractivity contribution is 7.15. The number of rotatable bonds is 4. The van der Waals surface area contributed by atoms with Crippen LogP contribution < -0.4 is 10.2 Å². The summed E-state index contributed by atoms with van der Waals surface area (Å²) in [6.07, 6.45) is 1.91. The fourth-order valence-corrected chi connectivity index (χ4v) is 3.39. The summed E-state index contributed by atoms with van der Waals surface area (Å²) in [5, 5.41) is 4.33. The first-order valence-corrected chi connectivity index (χ1v) is 7.85. The summed E-state index contributed by atoms with van der Waals surface area (Å²) in [4.78, 5) is 21.9. The summed E-state index contributed by atoms with van der Waals surface area (Å²) in [6.45, 7) is 10.6. The predicted molar refractivity (Wildman–Crippen MR) is 83.2 cm³/mol. The van der Waals surface area contributed by atoms with Crippen LogP contribution in [0.25, 0.3) is 0 Å². The van der Waals surface area contributed by atoms with Crippen molar-refractivity contribution < 1.29 is 4.79 Å². The molecule has 0 bridgehead atoms. The molecular formula is C14H24N4OS. The van der Waals surface area contributed by atoms with Crippen LogP contribution in [0.4, 0.5) is 5.13 Å². The lowest BCUT2D eigenvalue weighted by molar-refractivity contribution is -0.136. The molecule has 0 aromatic carbocycles. The Hall–Kier alpha value is -1.14. The molecule has 2 heterocycles. The Kier molecular flexibility index (Phi) is 4.34. The highest BCUT2D eigenvalue weighted by Gasteiger charge is 2.41. The summed E-state index contributed by atoms with van der Waals surface area (Å²) in [5.74, 6) is 0.154. The molecule has 0 spiro atoms. The number of amides is 1. The number of piperazine rings is 1. The molecular weight excluding hydrogens is 272 g/mol. The van der Waals surface area contributed by atoms with E-state index in [0.29, 0.717) is 6.04 Å². The summed E-state index contributed by atoms with van der Waals surface area (Å²) in [5.41, 5.74) is -0.520. The molecule has 1 aliphatic rings. The van der Waals surface area contributed by atoms with E-state index < -0.39 is 5.54 Å². The first-order chi connectivity index (χ1) is 9.32. The van der Waals surface area contributed by atoms with Crippen molar-refractivity contribution in [1.82, 2.24) is 15.2 Å². The second-order valence-electron chi connectivity index (χ2n) is 6.08. The third-order valence-electron chi connectivity index (χ3n) is 3.66. The van der Waals surface area contributed by atoms with E-state index in [-0.39, 0.29) is 5.91 Å². The van der Waals surface area contributed by atoms with Gasteiger partial charge in [-0.1, -0.05) is 13.8 Å². The van der Waals surface area contributed by atoms with E-state index >= 15 is 0 Å². The van der Waals surface area contributed by atoms with Crippen LogP contribution in [0.5, 0.6) is 0 Å². The number of hydrogen-bond acceptors (Lipinski definition) is 5. The molecule has 1 saturated heterocycles. The normalized spacial score (nSPS) is 19.0. The number of hydrogen-bond donors (Lipinski definition) is 1. The van der Waals surface area contributed by atoms with Gasteiger partial charge in [0.15, 0.2) is 5.13 Å². The van der Waals surface area contributed by atoms with Gasteiger partial charge in [-0.3, -0.25) is 4.79 Å². The third kappa shape index (κ3) is 2.96. The number of anilines is 1. The summed E-state index contributed by atoms with van der Waals surface area (Å²) in [6, 6.07) is 0.460. The van der Waals surface area contributed by atoms with Crippen LogP contribution in [0.1, 0.15) is 32.6 Å². The van der Waals surface area contributed by atoms with Crippen molar-refractivity contribution in [1.29, 1.82) is 0 Å². The van der Waals surface area contributed by atoms with Gasteiger partial charge in [0.2, 0.25) is 5.91 Å². The van der Waals surface area contributed by atoms with Crippen LogP contribution in [0.2, 0.25) is 0 Å². The highest BCUT2D eigenvalue weighted by atomic mass is 32.1. The molecule has 0 radical (unpaired) electrons. The molecule has 0 saturated carbocycles. The number of aromatic nitrogens is 1. The molecule has 1 aromatic heterocycles. The van der Waals surface area contributed by atoms with Gasteiger partial charge in [-0.05, 0) is 13.8 Å². The minimum atomic E-state index is -0.520. The standard InChI is InChI=1S/C14H24N4OS/c1-10(2)15-8-11-9-16-13(20-11)18-7-6-17(5)12(19)14(18,3)4/h9-10,15H,6-8H2,1-5H3. The Morgan fingerprint density at radius 2 is 2.15 bits per heavy atom. The lowest BCUT2D eigenvalue weighted by atomic mass is 9.99. The second kappa shape index (κ2) is 5.69. The third-order valence-corrected chi connectivity index (χ3v) is 4.68. The maximum atomic E-state index is 12.3. The molecule has 2 rings (SSSR count). The van der Waals surface area contributed by atoms with E-state index in [0.717, 1.165) is 24.8 Å². The minimum absolute atomic E-state index is 0.154. The van der Waals surface area contributed by atoms with E-state index in [9.17, 15) is 4.79 Å². The number of carbonyl (C=O) groups is 1. The van der Waals surface area contributed by atoms with E-state index in [4.69, 9.17) is 0 Å². The topological polar surface area (TPSA) is 48.5 Å². The van der Waals surface area contributed by atoms with Gasteiger partial charge in [-0.2, -0.15) is 0 Å². The molecule has 112 valence electrons. The molecule has 1 N–H and O–H groups in total. The highest BCUT2D eigenvalue weighted by Crippen LogP contribution is 2.31. The molecule has 6 heteroatoms. The van der Waals surface area contributed by atoms with Gasteiger partial charge in [0.05, 0.1) is 0 Å². The van der Waals surface area contributed by atoms with E-state index in [2.05, 4.69) is 29.0 Å². The zero-order valence-electron chi connectivity index (χ0n) is 12.9. The monoisotopic (exact) mass is 296 g/mol. The van der Waals surface area contributed by atoms with Crippen molar-refractivity contribution in [3.05, 3.63) is 11.1 Å². The maximum absolute atomic E-state index is 12.3. The van der Waals surface area contributed by atoms with Crippen molar-refractivity contribution in [3.8, 4) is 0 Å². The zero-order valence-corrected chi connectivity index (χ0v) is 13.8. The fraction of sp³-hybridized carbons (Fsp3) is 0.714. The number of carbonyl (C=O) groups excluding carboxylic acids is 1. The zero-order chi connectivity index (χ0) is 14.9. The Balaban J connectivity index is 2.13. The van der Waals surface area contributed by atoms with Gasteiger partial charge in [0.1, 0.15) is 5.54 Å². The van der Waals surface area contributed by atoms with Gasteiger partial charge in [-0.25, -0.2) is 4.98 Å². The van der Waals surface area contributed by atoms with Crippen molar-refractivity contribution in [3.63, 3.8) is 0 Å². The molecule has 0 unspecified atom stereocenters. The van der Waals surface area contributed by atoms with Crippen molar-refractivity contribution in [2.45, 2.75) is 45.8 Å². The average Bonchev–Trinajstić information content (AvgIpc) is 2.82. The predicted octanol–water partition coefficient (Wildman–Crippen LogP) is 1.70. The summed E-state index contributed by atoms with van der Waals surface area (Å²) < 4.78 is 0. The first kappa shape index (κ1) is 15.3. The molecule has 5 nitrogen and oxygen atoms in total. The van der Waals surface area contributed by atoms with E-state index in [1.807, 2.05) is 27.1 Å². The van der Waals surface area contributed by atoms with Gasteiger partial charge < -0.3 is 15.1 Å². The average molecular weight is 296 g/mol. The van der Waals surface area contributed by atoms with Crippen molar-refractivity contribution in [2.24, 2.45) is 0 Å². The van der Waals surface area contributed by atoms with Crippen LogP contribution in [0, 0.1) is 0 Å². The summed E-state index contributed by atoms with van der Waals surface area (Å²) in [7, 11) is 1.86. The molecule has 0 atom stereocenters. The SMILES string of the molecule is CC(C)NCc1cnc(N2CCN(C)C(=O)C2(C)C)s1. The quantitative estimate of drug-likeness (QED) is 0.919. The van der Waals surface area contributed by atoms with Crippen LogP contribution in [-0.4, -0.2) is 47.5 Å². The molecule has 1 amide bonds. The van der Waals surface area contributed by atoms with Crippen LogP contribution >= 0.6 is 11.3 Å². The smallest absolute Gasteiger partial charge is 0.247 e. The number of thiazole rings is 1. The van der Waals surface area contributed by atoms with Gasteiger partial charge in [0, 0.05) is 43.8 Å². The number of nitrogens with zero attached hydrogens (tertiary/aromatic N) is 3. The van der Waals surface area contributed by atoms with Gasteiger partial charge in [0.25, 0.3) is 0 Å². The van der Waals surface area contributed by atoms with Crippen LogP contribution in [0.15, 0.2) is 6.20 Å². The molecule has 1 aliphatic heterocycles. The molecule has 20 heavy (non-hydrogen) atoms. The Bertz CT molecular complexity index is 483. The van der Waals surface area contributed by atoms with Crippen molar-refractivity contribution >= 4 is 22.4 Å². The second-order valence-corrected chi connectivity index (χ2v) is 7.18. The van der Waals surface area contributed by atoms with Gasteiger partial charge >= 0.3 is 0 Å². The van der Waals surface area contributed by atoms with E-state index in [1.165, 1.54) is 4.88 Å². The largest absolute Gasteiger partial charge is 0.342 e. The Labute approximate surface area is 125 Å². The van der Waals surface area contributed by atoms with Crippen LogP contribution in [0.3, 0.4) is 0 Å². The lowest BCUT2D eigenvalue weighted by Crippen LogP contribution is -2.62. The maximum Gasteiger partial charge on any atom is 0.247 e. The van der Waals surface area contributed by atoms with Crippen LogP contribution in [-0.2, 0) is 11.3 Å². The molecule has 0 aliphatic carbocycles. The van der Waals surface area contributed by atoms with E-state index in [1.54, 1.807) is 16.2 Å². The van der Waals surface area contributed by atoms with Crippen molar-refractivity contribution in [2.75, 3.05) is 25.0 Å².